The Kier molecular flexibility index (Phi) is 2.55. The zero-order valence-corrected chi connectivity index (χ0v) is 11.0. The normalized spacial score (nSPS) is 14.4. The van der Waals surface area contributed by atoms with Crippen LogP contribution in [0.25, 0.3) is 22.4 Å². The van der Waals surface area contributed by atoms with Gasteiger partial charge in [-0.05, 0) is 48.9 Å². The summed E-state index contributed by atoms with van der Waals surface area (Å²) in [6.45, 7) is 0. The molecule has 0 amide bonds. The topological polar surface area (TPSA) is 41.6 Å². The Hall–Kier alpha value is -2.23. The first-order chi connectivity index (χ1) is 9.83. The third-order valence-corrected chi connectivity index (χ3v) is 4.00. The number of pyridine rings is 1. The monoisotopic (exact) mass is 267 g/mol. The lowest BCUT2D eigenvalue weighted by Gasteiger charge is -2.17. The molecule has 3 nitrogen and oxygen atoms in total. The number of hydrogen-bond donors (Lipinski definition) is 1. The maximum Gasteiger partial charge on any atom is 0.141 e. The highest BCUT2D eigenvalue weighted by atomic mass is 19.1. The molecular formula is C16H14FN3. The predicted octanol–water partition coefficient (Wildman–Crippen LogP) is 3.64. The standard InChI is InChI=1S/C16H14FN3/c17-15-11-4-2-1-3-10(11)5-6-12(15)16-19-13-7-8-18-9-14(13)20-16/h5-9H,1-4H2,(H,19,20). The van der Waals surface area contributed by atoms with Crippen LogP contribution in [-0.2, 0) is 12.8 Å². The van der Waals surface area contributed by atoms with E-state index < -0.39 is 0 Å². The van der Waals surface area contributed by atoms with Crippen LogP contribution in [0.15, 0.2) is 30.6 Å². The van der Waals surface area contributed by atoms with Gasteiger partial charge in [-0.15, -0.1) is 0 Å². The van der Waals surface area contributed by atoms with Crippen LogP contribution in [-0.4, -0.2) is 15.0 Å². The van der Waals surface area contributed by atoms with Crippen molar-refractivity contribution >= 4 is 11.0 Å². The molecule has 1 aliphatic carbocycles. The average molecular weight is 267 g/mol. The van der Waals surface area contributed by atoms with Crippen LogP contribution in [0.1, 0.15) is 24.0 Å². The number of H-pyrrole nitrogens is 1. The highest BCUT2D eigenvalue weighted by Crippen LogP contribution is 2.30. The molecule has 0 fully saturated rings. The highest BCUT2D eigenvalue weighted by molar-refractivity contribution is 5.78. The molecule has 1 aromatic carbocycles. The predicted molar refractivity (Wildman–Crippen MR) is 75.9 cm³/mol. The largest absolute Gasteiger partial charge is 0.337 e. The molecule has 0 unspecified atom stereocenters. The molecule has 0 atom stereocenters. The number of nitrogens with one attached hydrogen (secondary N) is 1. The number of halogens is 1. The number of imidazole rings is 1. The van der Waals surface area contributed by atoms with Crippen molar-refractivity contribution in [3.63, 3.8) is 0 Å². The summed E-state index contributed by atoms with van der Waals surface area (Å²) in [5.41, 5.74) is 4.22. The fraction of sp³-hybridized carbons (Fsp3) is 0.250. The molecular weight excluding hydrogens is 253 g/mol. The minimum absolute atomic E-state index is 0.116. The van der Waals surface area contributed by atoms with Crippen molar-refractivity contribution in [2.45, 2.75) is 25.7 Å². The minimum Gasteiger partial charge on any atom is -0.337 e. The quantitative estimate of drug-likeness (QED) is 0.731. The summed E-state index contributed by atoms with van der Waals surface area (Å²) in [6, 6.07) is 5.70. The van der Waals surface area contributed by atoms with Crippen LogP contribution in [0.5, 0.6) is 0 Å². The van der Waals surface area contributed by atoms with Gasteiger partial charge in [0.25, 0.3) is 0 Å². The fourth-order valence-corrected chi connectivity index (χ4v) is 2.95. The summed E-state index contributed by atoms with van der Waals surface area (Å²) >= 11 is 0. The Balaban J connectivity index is 1.89. The lowest BCUT2D eigenvalue weighted by atomic mass is 9.89. The van der Waals surface area contributed by atoms with Crippen molar-refractivity contribution in [3.05, 3.63) is 47.5 Å². The molecule has 4 heteroatoms. The molecule has 100 valence electrons. The average Bonchev–Trinajstić information content (AvgIpc) is 2.91. The van der Waals surface area contributed by atoms with E-state index in [0.29, 0.717) is 11.4 Å². The molecule has 4 rings (SSSR count). The van der Waals surface area contributed by atoms with E-state index in [2.05, 4.69) is 15.0 Å². The van der Waals surface area contributed by atoms with Gasteiger partial charge in [0.2, 0.25) is 0 Å². The van der Waals surface area contributed by atoms with E-state index in [1.807, 2.05) is 18.2 Å². The molecule has 1 aliphatic rings. The summed E-state index contributed by atoms with van der Waals surface area (Å²) in [5.74, 6) is 0.466. The van der Waals surface area contributed by atoms with Crippen molar-refractivity contribution in [2.75, 3.05) is 0 Å². The first kappa shape index (κ1) is 11.6. The molecule has 0 spiro atoms. The first-order valence-electron chi connectivity index (χ1n) is 6.93. The van der Waals surface area contributed by atoms with Crippen LogP contribution in [0.3, 0.4) is 0 Å². The lowest BCUT2D eigenvalue weighted by molar-refractivity contribution is 0.581. The Morgan fingerprint density at radius 3 is 2.90 bits per heavy atom. The Bertz CT molecular complexity index is 759. The van der Waals surface area contributed by atoms with Gasteiger partial charge in [0.05, 0.1) is 22.8 Å². The van der Waals surface area contributed by atoms with Gasteiger partial charge in [-0.1, -0.05) is 6.07 Å². The van der Waals surface area contributed by atoms with Gasteiger partial charge in [0.15, 0.2) is 0 Å². The van der Waals surface area contributed by atoms with Crippen LogP contribution in [0.4, 0.5) is 4.39 Å². The van der Waals surface area contributed by atoms with E-state index in [4.69, 9.17) is 0 Å². The molecule has 20 heavy (non-hydrogen) atoms. The van der Waals surface area contributed by atoms with Crippen LogP contribution in [0.2, 0.25) is 0 Å². The highest BCUT2D eigenvalue weighted by Gasteiger charge is 2.19. The summed E-state index contributed by atoms with van der Waals surface area (Å²) in [4.78, 5) is 11.7. The molecule has 0 bridgehead atoms. The maximum absolute atomic E-state index is 14.7. The number of benzene rings is 1. The molecule has 2 aromatic heterocycles. The number of nitrogens with zero attached hydrogens (tertiary/aromatic N) is 2. The zero-order chi connectivity index (χ0) is 13.5. The van der Waals surface area contributed by atoms with Crippen molar-refractivity contribution in [2.24, 2.45) is 0 Å². The van der Waals surface area contributed by atoms with Gasteiger partial charge in [0, 0.05) is 6.20 Å². The third kappa shape index (κ3) is 1.72. The van der Waals surface area contributed by atoms with Gasteiger partial charge in [-0.3, -0.25) is 4.98 Å². The number of rotatable bonds is 1. The van der Waals surface area contributed by atoms with Gasteiger partial charge in [0.1, 0.15) is 11.6 Å². The second kappa shape index (κ2) is 4.40. The molecule has 1 N–H and O–H groups in total. The van der Waals surface area contributed by atoms with Crippen LogP contribution in [0, 0.1) is 5.82 Å². The summed E-state index contributed by atoms with van der Waals surface area (Å²) in [6.07, 6.45) is 7.44. The summed E-state index contributed by atoms with van der Waals surface area (Å²) < 4.78 is 14.7. The minimum atomic E-state index is -0.116. The van der Waals surface area contributed by atoms with E-state index in [9.17, 15) is 4.39 Å². The molecule has 0 aliphatic heterocycles. The van der Waals surface area contributed by atoms with Gasteiger partial charge >= 0.3 is 0 Å². The zero-order valence-electron chi connectivity index (χ0n) is 11.0. The van der Waals surface area contributed by atoms with E-state index in [1.54, 1.807) is 12.4 Å². The van der Waals surface area contributed by atoms with Gasteiger partial charge in [-0.25, -0.2) is 9.37 Å². The number of aromatic amines is 1. The Morgan fingerprint density at radius 1 is 1.10 bits per heavy atom. The van der Waals surface area contributed by atoms with Gasteiger partial charge in [-0.2, -0.15) is 0 Å². The first-order valence-corrected chi connectivity index (χ1v) is 6.93. The van der Waals surface area contributed by atoms with Crippen LogP contribution < -0.4 is 0 Å². The van der Waals surface area contributed by atoms with Crippen LogP contribution >= 0.6 is 0 Å². The smallest absolute Gasteiger partial charge is 0.141 e. The fourth-order valence-electron chi connectivity index (χ4n) is 2.95. The summed E-state index contributed by atoms with van der Waals surface area (Å²) in [7, 11) is 0. The van der Waals surface area contributed by atoms with Crippen molar-refractivity contribution < 1.29 is 4.39 Å². The number of hydrogen-bond acceptors (Lipinski definition) is 2. The third-order valence-electron chi connectivity index (χ3n) is 4.00. The molecule has 0 radical (unpaired) electrons. The lowest BCUT2D eigenvalue weighted by Crippen LogP contribution is -2.06. The number of fused-ring (bicyclic) bond motifs is 2. The molecule has 0 saturated carbocycles. The molecule has 2 heterocycles. The second-order valence-corrected chi connectivity index (χ2v) is 5.25. The summed E-state index contributed by atoms with van der Waals surface area (Å²) in [5, 5.41) is 0. The second-order valence-electron chi connectivity index (χ2n) is 5.25. The SMILES string of the molecule is Fc1c(-c2nc3ccncc3[nH]2)ccc2c1CCCC2. The van der Waals surface area contributed by atoms with E-state index in [0.717, 1.165) is 47.8 Å². The Morgan fingerprint density at radius 2 is 2.00 bits per heavy atom. The van der Waals surface area contributed by atoms with E-state index in [-0.39, 0.29) is 5.82 Å². The van der Waals surface area contributed by atoms with Gasteiger partial charge < -0.3 is 4.98 Å². The molecule has 0 saturated heterocycles. The maximum atomic E-state index is 14.7. The molecule has 3 aromatic rings. The van der Waals surface area contributed by atoms with E-state index in [1.165, 1.54) is 0 Å². The van der Waals surface area contributed by atoms with Crippen molar-refractivity contribution in [1.82, 2.24) is 15.0 Å². The number of aryl methyl sites for hydroxylation is 1. The van der Waals surface area contributed by atoms with Crippen molar-refractivity contribution in [3.8, 4) is 11.4 Å². The number of aromatic nitrogens is 3. The van der Waals surface area contributed by atoms with E-state index >= 15 is 0 Å². The Labute approximate surface area is 115 Å². The van der Waals surface area contributed by atoms with Crippen molar-refractivity contribution in [1.29, 1.82) is 0 Å².